The van der Waals surface area contributed by atoms with E-state index in [0.717, 1.165) is 5.56 Å². The molecule has 1 amide bonds. The number of aromatic amines is 1. The zero-order chi connectivity index (χ0) is 29.5. The third kappa shape index (κ3) is 6.96. The molecule has 2 aromatic heterocycles. The topological polar surface area (TPSA) is 123 Å². The number of rotatable bonds is 11. The van der Waals surface area contributed by atoms with Crippen LogP contribution in [-0.4, -0.2) is 59.3 Å². The van der Waals surface area contributed by atoms with Crippen LogP contribution in [0.2, 0.25) is 0 Å². The Bertz CT molecular complexity index is 1490. The summed E-state index contributed by atoms with van der Waals surface area (Å²) in [6.07, 6.45) is 1.45. The highest BCUT2D eigenvalue weighted by molar-refractivity contribution is 5.82. The number of methoxy groups -OCH3 is 1. The summed E-state index contributed by atoms with van der Waals surface area (Å²) in [6, 6.07) is 13.8. The van der Waals surface area contributed by atoms with Crippen LogP contribution < -0.4 is 10.6 Å². The van der Waals surface area contributed by atoms with Crippen LogP contribution in [0.1, 0.15) is 31.0 Å². The van der Waals surface area contributed by atoms with Gasteiger partial charge in [-0.3, -0.25) is 4.79 Å². The van der Waals surface area contributed by atoms with Crippen LogP contribution in [0.15, 0.2) is 60.8 Å². The third-order valence-corrected chi connectivity index (χ3v) is 6.80. The van der Waals surface area contributed by atoms with E-state index in [9.17, 15) is 13.6 Å². The Morgan fingerprint density at radius 3 is 2.43 bits per heavy atom. The lowest BCUT2D eigenvalue weighted by atomic mass is 9.91. The first kappa shape index (κ1) is 29.2. The molecule has 0 spiro atoms. The molecule has 0 saturated carbocycles. The molecule has 1 aliphatic heterocycles. The van der Waals surface area contributed by atoms with Gasteiger partial charge in [-0.1, -0.05) is 12.1 Å². The number of carbonyl (C=O) groups excluding carboxylic acids is 1. The number of aromatic nitrogens is 4. The lowest BCUT2D eigenvalue weighted by molar-refractivity contribution is -0.231. The van der Waals surface area contributed by atoms with Crippen molar-refractivity contribution in [1.29, 1.82) is 0 Å². The third-order valence-electron chi connectivity index (χ3n) is 6.80. The van der Waals surface area contributed by atoms with E-state index >= 15 is 0 Å². The van der Waals surface area contributed by atoms with E-state index in [0.29, 0.717) is 60.5 Å². The van der Waals surface area contributed by atoms with Crippen LogP contribution in [0.25, 0.3) is 22.6 Å². The van der Waals surface area contributed by atoms with Crippen molar-refractivity contribution in [3.63, 3.8) is 0 Å². The van der Waals surface area contributed by atoms with Gasteiger partial charge in [0.15, 0.2) is 5.82 Å². The van der Waals surface area contributed by atoms with E-state index in [2.05, 4.69) is 25.6 Å². The summed E-state index contributed by atoms with van der Waals surface area (Å²) in [7, 11) is 1.62. The molecule has 1 aliphatic rings. The minimum Gasteiger partial charge on any atom is -0.385 e. The van der Waals surface area contributed by atoms with E-state index in [-0.39, 0.29) is 30.8 Å². The van der Waals surface area contributed by atoms with Gasteiger partial charge in [0, 0.05) is 38.6 Å². The van der Waals surface area contributed by atoms with Crippen molar-refractivity contribution in [3.8, 4) is 22.6 Å². The Hall–Kier alpha value is -4.26. The molecule has 1 fully saturated rings. The SMILES string of the molecule is COCCCNC(=O)C1(C)COC(c2nc(-c3ccc(F)cc3)c(-c3ccnc(NCc4ccc(F)cc4)n3)[nH]2)OC1. The molecule has 220 valence electrons. The lowest BCUT2D eigenvalue weighted by Gasteiger charge is -2.35. The molecule has 0 unspecified atom stereocenters. The van der Waals surface area contributed by atoms with Crippen LogP contribution in [0.4, 0.5) is 14.7 Å². The highest BCUT2D eigenvalue weighted by Gasteiger charge is 2.40. The molecular weight excluding hydrogens is 546 g/mol. The number of hydrogen-bond acceptors (Lipinski definition) is 8. The van der Waals surface area contributed by atoms with Crippen molar-refractivity contribution < 1.29 is 27.8 Å². The standard InChI is InChI=1S/C30H32F2N6O4/c1-30(28(39)33-13-3-15-40-2)17-41-27(42-18-30)26-37-24(20-6-10-22(32)11-7-20)25(38-26)23-12-14-34-29(36-23)35-16-19-4-8-21(31)9-5-19/h4-12,14,27H,3,13,15-18H2,1-2H3,(H,33,39)(H,37,38)(H,34,35,36). The second-order valence-electron chi connectivity index (χ2n) is 10.2. The first-order valence-electron chi connectivity index (χ1n) is 13.5. The molecule has 5 rings (SSSR count). The van der Waals surface area contributed by atoms with Gasteiger partial charge in [0.25, 0.3) is 0 Å². The minimum atomic E-state index is -0.865. The summed E-state index contributed by atoms with van der Waals surface area (Å²) < 4.78 is 43.9. The summed E-state index contributed by atoms with van der Waals surface area (Å²) >= 11 is 0. The van der Waals surface area contributed by atoms with Gasteiger partial charge in [0.1, 0.15) is 11.6 Å². The van der Waals surface area contributed by atoms with E-state index in [1.807, 2.05) is 0 Å². The molecule has 1 saturated heterocycles. The number of benzene rings is 2. The second-order valence-corrected chi connectivity index (χ2v) is 10.2. The summed E-state index contributed by atoms with van der Waals surface area (Å²) in [6.45, 7) is 3.48. The predicted octanol–water partition coefficient (Wildman–Crippen LogP) is 4.63. The van der Waals surface area contributed by atoms with Gasteiger partial charge >= 0.3 is 0 Å². The maximum absolute atomic E-state index is 13.7. The Morgan fingerprint density at radius 1 is 1.05 bits per heavy atom. The number of nitrogens with zero attached hydrogens (tertiary/aromatic N) is 3. The fourth-order valence-corrected chi connectivity index (χ4v) is 4.40. The Balaban J connectivity index is 1.35. The van der Waals surface area contributed by atoms with Crippen molar-refractivity contribution in [2.24, 2.45) is 5.41 Å². The molecule has 42 heavy (non-hydrogen) atoms. The first-order valence-corrected chi connectivity index (χ1v) is 13.5. The number of carbonyl (C=O) groups is 1. The van der Waals surface area contributed by atoms with E-state index < -0.39 is 11.7 Å². The van der Waals surface area contributed by atoms with Crippen LogP contribution in [0, 0.1) is 17.0 Å². The summed E-state index contributed by atoms with van der Waals surface area (Å²) in [5.74, 6) is -0.103. The lowest BCUT2D eigenvalue weighted by Crippen LogP contribution is -2.48. The average Bonchev–Trinajstić information content (AvgIpc) is 3.45. The van der Waals surface area contributed by atoms with E-state index in [1.165, 1.54) is 24.3 Å². The summed E-state index contributed by atoms with van der Waals surface area (Å²) in [4.78, 5) is 29.7. The van der Waals surface area contributed by atoms with Crippen LogP contribution >= 0.6 is 0 Å². The molecule has 4 aromatic rings. The van der Waals surface area contributed by atoms with Crippen molar-refractivity contribution in [2.45, 2.75) is 26.2 Å². The summed E-state index contributed by atoms with van der Waals surface area (Å²) in [5.41, 5.74) is 2.26. The highest BCUT2D eigenvalue weighted by Crippen LogP contribution is 2.35. The molecule has 3 heterocycles. The van der Waals surface area contributed by atoms with Crippen LogP contribution in [0.5, 0.6) is 0 Å². The van der Waals surface area contributed by atoms with Crippen LogP contribution in [0.3, 0.4) is 0 Å². The molecule has 10 nitrogen and oxygen atoms in total. The quantitative estimate of drug-likeness (QED) is 0.220. The minimum absolute atomic E-state index is 0.126. The van der Waals surface area contributed by atoms with Crippen molar-refractivity contribution >= 4 is 11.9 Å². The summed E-state index contributed by atoms with van der Waals surface area (Å²) in [5, 5.41) is 6.05. The van der Waals surface area contributed by atoms with Crippen molar-refractivity contribution in [2.75, 3.05) is 38.8 Å². The molecule has 3 N–H and O–H groups in total. The Labute approximate surface area is 241 Å². The smallest absolute Gasteiger partial charge is 0.230 e. The van der Waals surface area contributed by atoms with Gasteiger partial charge in [0.2, 0.25) is 18.1 Å². The van der Waals surface area contributed by atoms with Crippen molar-refractivity contribution in [3.05, 3.63) is 83.8 Å². The molecule has 0 bridgehead atoms. The van der Waals surface area contributed by atoms with Gasteiger partial charge in [-0.2, -0.15) is 0 Å². The number of H-pyrrole nitrogens is 1. The number of ether oxygens (including phenoxy) is 3. The average molecular weight is 579 g/mol. The maximum atomic E-state index is 13.7. The van der Waals surface area contributed by atoms with Gasteiger partial charge in [0.05, 0.1) is 35.7 Å². The fraction of sp³-hybridized carbons (Fsp3) is 0.333. The zero-order valence-corrected chi connectivity index (χ0v) is 23.3. The number of anilines is 1. The molecule has 12 heteroatoms. The predicted molar refractivity (Wildman–Crippen MR) is 151 cm³/mol. The Morgan fingerprint density at radius 2 is 1.74 bits per heavy atom. The van der Waals surface area contributed by atoms with Crippen molar-refractivity contribution in [1.82, 2.24) is 25.3 Å². The zero-order valence-electron chi connectivity index (χ0n) is 23.3. The molecule has 2 aromatic carbocycles. The number of imidazole rings is 1. The number of hydrogen-bond donors (Lipinski definition) is 3. The van der Waals surface area contributed by atoms with E-state index in [4.69, 9.17) is 19.2 Å². The normalized spacial score (nSPS) is 18.5. The molecule has 0 aliphatic carbocycles. The monoisotopic (exact) mass is 578 g/mol. The molecule has 0 radical (unpaired) electrons. The van der Waals surface area contributed by atoms with Gasteiger partial charge in [-0.15, -0.1) is 0 Å². The van der Waals surface area contributed by atoms with Gasteiger partial charge in [-0.25, -0.2) is 23.7 Å². The van der Waals surface area contributed by atoms with Gasteiger partial charge < -0.3 is 29.8 Å². The molecular formula is C30H32F2N6O4. The first-order chi connectivity index (χ1) is 20.3. The fourth-order valence-electron chi connectivity index (χ4n) is 4.40. The van der Waals surface area contributed by atoms with E-state index in [1.54, 1.807) is 50.6 Å². The second kappa shape index (κ2) is 13.1. The number of halogens is 2. The number of amides is 1. The molecule has 0 atom stereocenters. The highest BCUT2D eigenvalue weighted by atomic mass is 19.1. The van der Waals surface area contributed by atoms with Gasteiger partial charge in [-0.05, 0) is 61.4 Å². The maximum Gasteiger partial charge on any atom is 0.230 e. The van der Waals surface area contributed by atoms with Crippen LogP contribution in [-0.2, 0) is 25.5 Å². The number of nitrogens with one attached hydrogen (secondary N) is 3. The largest absolute Gasteiger partial charge is 0.385 e. The Kier molecular flexibility index (Phi) is 9.15.